The minimum Gasteiger partial charge on any atom is -0.491 e. The van der Waals surface area contributed by atoms with Crippen LogP contribution in [-0.2, 0) is 4.74 Å². The number of likely N-dealkylation sites (N-methyl/N-ethyl adjacent to an activating group) is 1. The minimum atomic E-state index is 0.492. The maximum absolute atomic E-state index is 6.27. The van der Waals surface area contributed by atoms with Gasteiger partial charge in [-0.3, -0.25) is 0 Å². The molecule has 2 aromatic rings. The molecule has 0 amide bonds. The molecule has 1 aromatic heterocycles. The van der Waals surface area contributed by atoms with Crippen LogP contribution in [0.15, 0.2) is 36.7 Å². The third kappa shape index (κ3) is 6.18. The van der Waals surface area contributed by atoms with Crippen molar-refractivity contribution in [1.29, 1.82) is 0 Å². The summed E-state index contributed by atoms with van der Waals surface area (Å²) in [6.07, 6.45) is 3.66. The summed E-state index contributed by atoms with van der Waals surface area (Å²) >= 11 is 0. The predicted octanol–water partition coefficient (Wildman–Crippen LogP) is 3.31. The lowest BCUT2D eigenvalue weighted by Gasteiger charge is -2.33. The SMILES string of the molecule is C/C=C(\c1cc(N2CCN(C)CC2)ncn1)c1cc(OCCOC)ccc1N.CC. The fourth-order valence-electron chi connectivity index (χ4n) is 3.25. The molecule has 1 fully saturated rings. The number of nitrogens with zero attached hydrogens (tertiary/aromatic N) is 4. The number of rotatable bonds is 7. The van der Waals surface area contributed by atoms with Gasteiger partial charge in [0.05, 0.1) is 12.3 Å². The molecule has 0 aliphatic carbocycles. The van der Waals surface area contributed by atoms with E-state index in [0.717, 1.165) is 54.6 Å². The lowest BCUT2D eigenvalue weighted by Crippen LogP contribution is -2.44. The van der Waals surface area contributed by atoms with Gasteiger partial charge in [-0.05, 0) is 32.2 Å². The van der Waals surface area contributed by atoms with E-state index in [9.17, 15) is 0 Å². The highest BCUT2D eigenvalue weighted by molar-refractivity contribution is 5.85. The molecular formula is C23H35N5O2. The third-order valence-corrected chi connectivity index (χ3v) is 4.92. The molecule has 7 nitrogen and oxygen atoms in total. The van der Waals surface area contributed by atoms with Crippen LogP contribution < -0.4 is 15.4 Å². The highest BCUT2D eigenvalue weighted by atomic mass is 16.5. The highest BCUT2D eigenvalue weighted by Crippen LogP contribution is 2.31. The Hall–Kier alpha value is -2.64. The summed E-state index contributed by atoms with van der Waals surface area (Å²) < 4.78 is 10.8. The maximum Gasteiger partial charge on any atom is 0.132 e. The minimum absolute atomic E-state index is 0.492. The average Bonchev–Trinajstić information content (AvgIpc) is 2.78. The number of aromatic nitrogens is 2. The number of hydrogen-bond donors (Lipinski definition) is 1. The van der Waals surface area contributed by atoms with Crippen molar-refractivity contribution in [1.82, 2.24) is 14.9 Å². The van der Waals surface area contributed by atoms with E-state index < -0.39 is 0 Å². The van der Waals surface area contributed by atoms with Crippen molar-refractivity contribution in [2.45, 2.75) is 20.8 Å². The molecular weight excluding hydrogens is 378 g/mol. The first kappa shape index (κ1) is 23.6. The van der Waals surface area contributed by atoms with Gasteiger partial charge in [-0.25, -0.2) is 9.97 Å². The Morgan fingerprint density at radius 2 is 1.83 bits per heavy atom. The second-order valence-electron chi connectivity index (χ2n) is 6.84. The molecule has 1 aliphatic rings. The van der Waals surface area contributed by atoms with Gasteiger partial charge < -0.3 is 25.0 Å². The number of allylic oxidation sites excluding steroid dienone is 1. The van der Waals surface area contributed by atoms with Gasteiger partial charge in [-0.15, -0.1) is 0 Å². The van der Waals surface area contributed by atoms with Crippen LogP contribution in [0.1, 0.15) is 32.0 Å². The maximum atomic E-state index is 6.27. The third-order valence-electron chi connectivity index (χ3n) is 4.92. The van der Waals surface area contributed by atoms with Gasteiger partial charge in [0.15, 0.2) is 0 Å². The Kier molecular flexibility index (Phi) is 9.57. The zero-order valence-corrected chi connectivity index (χ0v) is 18.9. The van der Waals surface area contributed by atoms with Crippen molar-refractivity contribution in [3.8, 4) is 5.75 Å². The van der Waals surface area contributed by atoms with Crippen LogP contribution in [0.4, 0.5) is 11.5 Å². The smallest absolute Gasteiger partial charge is 0.132 e. The summed E-state index contributed by atoms with van der Waals surface area (Å²) in [6.45, 7) is 11.0. The molecule has 2 N–H and O–H groups in total. The molecule has 3 rings (SSSR count). The number of benzene rings is 1. The van der Waals surface area contributed by atoms with Crippen LogP contribution >= 0.6 is 0 Å². The Bertz CT molecular complexity index is 817. The first-order valence-corrected chi connectivity index (χ1v) is 10.6. The van der Waals surface area contributed by atoms with E-state index in [-0.39, 0.29) is 0 Å². The van der Waals surface area contributed by atoms with E-state index in [1.54, 1.807) is 13.4 Å². The summed E-state index contributed by atoms with van der Waals surface area (Å²) in [7, 11) is 3.80. The lowest BCUT2D eigenvalue weighted by atomic mass is 10.00. The molecule has 0 bridgehead atoms. The molecule has 30 heavy (non-hydrogen) atoms. The van der Waals surface area contributed by atoms with E-state index >= 15 is 0 Å². The van der Waals surface area contributed by atoms with Gasteiger partial charge in [-0.2, -0.15) is 0 Å². The number of anilines is 2. The van der Waals surface area contributed by atoms with Crippen molar-refractivity contribution >= 4 is 17.1 Å². The van der Waals surface area contributed by atoms with E-state index in [2.05, 4.69) is 26.8 Å². The highest BCUT2D eigenvalue weighted by Gasteiger charge is 2.17. The average molecular weight is 414 g/mol. The number of ether oxygens (including phenoxy) is 2. The standard InChI is InChI=1S/C21H29N5O2.C2H6/c1-4-17(18-13-16(5-6-19(18)22)28-12-11-27-3)20-14-21(24-15-23-20)26-9-7-25(2)8-10-26;1-2/h4-6,13-15H,7-12,22H2,1-3H3;1-2H3/b17-4-;. The van der Waals surface area contributed by atoms with Crippen molar-refractivity contribution in [3.05, 3.63) is 47.9 Å². The number of nitrogens with two attached hydrogens (primary N) is 1. The normalized spacial score (nSPS) is 14.8. The molecule has 1 aliphatic heterocycles. The Morgan fingerprint density at radius 1 is 1.10 bits per heavy atom. The van der Waals surface area contributed by atoms with Crippen LogP contribution in [0.25, 0.3) is 5.57 Å². The molecule has 0 radical (unpaired) electrons. The number of hydrogen-bond acceptors (Lipinski definition) is 7. The molecule has 0 atom stereocenters. The van der Waals surface area contributed by atoms with E-state index in [4.69, 9.17) is 15.2 Å². The number of methoxy groups -OCH3 is 1. The predicted molar refractivity (Wildman–Crippen MR) is 124 cm³/mol. The van der Waals surface area contributed by atoms with Crippen LogP contribution in [0.2, 0.25) is 0 Å². The number of nitrogen functional groups attached to an aromatic ring is 1. The van der Waals surface area contributed by atoms with Crippen LogP contribution in [0.5, 0.6) is 5.75 Å². The first-order valence-electron chi connectivity index (χ1n) is 10.6. The Labute approximate surface area is 180 Å². The van der Waals surface area contributed by atoms with Crippen LogP contribution in [0, 0.1) is 0 Å². The van der Waals surface area contributed by atoms with Gasteiger partial charge in [0.1, 0.15) is 24.5 Å². The molecule has 0 saturated carbocycles. The van der Waals surface area contributed by atoms with E-state index in [1.807, 2.05) is 51.1 Å². The van der Waals surface area contributed by atoms with Crippen molar-refractivity contribution in [2.24, 2.45) is 0 Å². The van der Waals surface area contributed by atoms with Crippen molar-refractivity contribution in [2.75, 3.05) is 64.2 Å². The molecule has 1 aromatic carbocycles. The fraction of sp³-hybridized carbons (Fsp3) is 0.478. The largest absolute Gasteiger partial charge is 0.491 e. The quantitative estimate of drug-likeness (QED) is 0.551. The van der Waals surface area contributed by atoms with Gasteiger partial charge in [0, 0.05) is 56.2 Å². The molecule has 0 unspecified atom stereocenters. The summed E-state index contributed by atoms with van der Waals surface area (Å²) in [5.74, 6) is 1.71. The Balaban J connectivity index is 0.00000155. The van der Waals surface area contributed by atoms with E-state index in [1.165, 1.54) is 0 Å². The van der Waals surface area contributed by atoms with E-state index in [0.29, 0.717) is 18.9 Å². The van der Waals surface area contributed by atoms with Crippen LogP contribution in [-0.4, -0.2) is 68.4 Å². The van der Waals surface area contributed by atoms with Gasteiger partial charge >= 0.3 is 0 Å². The second kappa shape index (κ2) is 12.1. The molecule has 2 heterocycles. The summed E-state index contributed by atoms with van der Waals surface area (Å²) in [5, 5.41) is 0. The molecule has 7 heteroatoms. The lowest BCUT2D eigenvalue weighted by molar-refractivity contribution is 0.146. The van der Waals surface area contributed by atoms with Crippen molar-refractivity contribution in [3.63, 3.8) is 0 Å². The first-order chi connectivity index (χ1) is 14.6. The van der Waals surface area contributed by atoms with Gasteiger partial charge in [0.2, 0.25) is 0 Å². The topological polar surface area (TPSA) is 76.7 Å². The zero-order chi connectivity index (χ0) is 21.9. The van der Waals surface area contributed by atoms with Crippen LogP contribution in [0.3, 0.4) is 0 Å². The van der Waals surface area contributed by atoms with Gasteiger partial charge in [0.25, 0.3) is 0 Å². The fourth-order valence-corrected chi connectivity index (χ4v) is 3.25. The zero-order valence-electron chi connectivity index (χ0n) is 18.9. The van der Waals surface area contributed by atoms with Gasteiger partial charge in [-0.1, -0.05) is 19.9 Å². The monoisotopic (exact) mass is 413 g/mol. The molecule has 1 saturated heterocycles. The second-order valence-corrected chi connectivity index (χ2v) is 6.84. The summed E-state index contributed by atoms with van der Waals surface area (Å²) in [6, 6.07) is 7.73. The number of piperazine rings is 1. The Morgan fingerprint density at radius 3 is 2.50 bits per heavy atom. The van der Waals surface area contributed by atoms with Crippen molar-refractivity contribution < 1.29 is 9.47 Å². The molecule has 0 spiro atoms. The summed E-state index contributed by atoms with van der Waals surface area (Å²) in [5.41, 5.74) is 9.68. The molecule has 164 valence electrons. The summed E-state index contributed by atoms with van der Waals surface area (Å²) in [4.78, 5) is 13.6.